The zero-order valence-corrected chi connectivity index (χ0v) is 20.9. The number of furan rings is 1. The molecule has 0 atom stereocenters. The summed E-state index contributed by atoms with van der Waals surface area (Å²) < 4.78 is 13.2. The fourth-order valence-corrected chi connectivity index (χ4v) is 4.81. The third-order valence-corrected chi connectivity index (χ3v) is 6.60. The number of aryl methyl sites for hydroxylation is 2. The number of para-hydroxylation sites is 2. The van der Waals surface area contributed by atoms with Crippen LogP contribution in [0.25, 0.3) is 22.3 Å². The minimum Gasteiger partial charge on any atom is -0.495 e. The lowest BCUT2D eigenvalue weighted by molar-refractivity contribution is 0.0748. The molecule has 1 aliphatic heterocycles. The summed E-state index contributed by atoms with van der Waals surface area (Å²) in [5.74, 6) is 2.45. The first-order valence-corrected chi connectivity index (χ1v) is 12.0. The van der Waals surface area contributed by atoms with E-state index in [1.165, 1.54) is 0 Å². The first-order valence-electron chi connectivity index (χ1n) is 12.0. The van der Waals surface area contributed by atoms with E-state index in [4.69, 9.17) is 14.1 Å². The van der Waals surface area contributed by atoms with Gasteiger partial charge < -0.3 is 19.0 Å². The third kappa shape index (κ3) is 4.13. The number of methoxy groups -OCH3 is 1. The Bertz CT molecular complexity index is 1380. The van der Waals surface area contributed by atoms with Crippen LogP contribution in [0.5, 0.6) is 5.75 Å². The molecule has 0 aliphatic carbocycles. The van der Waals surface area contributed by atoms with Crippen molar-refractivity contribution in [2.75, 3.05) is 38.2 Å². The molecule has 8 heteroatoms. The van der Waals surface area contributed by atoms with Gasteiger partial charge in [-0.2, -0.15) is 5.10 Å². The van der Waals surface area contributed by atoms with Crippen LogP contribution in [0.15, 0.2) is 47.0 Å². The van der Waals surface area contributed by atoms with Crippen LogP contribution in [-0.2, 0) is 0 Å². The van der Waals surface area contributed by atoms with Crippen LogP contribution in [-0.4, -0.2) is 58.9 Å². The van der Waals surface area contributed by atoms with Crippen molar-refractivity contribution in [2.45, 2.75) is 33.7 Å². The topological polar surface area (TPSA) is 76.6 Å². The van der Waals surface area contributed by atoms with E-state index < -0.39 is 0 Å². The van der Waals surface area contributed by atoms with E-state index in [-0.39, 0.29) is 11.9 Å². The van der Waals surface area contributed by atoms with Crippen LogP contribution in [0.2, 0.25) is 0 Å². The van der Waals surface area contributed by atoms with Gasteiger partial charge in [-0.25, -0.2) is 9.67 Å². The smallest absolute Gasteiger partial charge is 0.254 e. The molecule has 0 bridgehead atoms. The monoisotopic (exact) mass is 473 g/mol. The van der Waals surface area contributed by atoms with Crippen molar-refractivity contribution in [3.63, 3.8) is 0 Å². The summed E-state index contributed by atoms with van der Waals surface area (Å²) in [6, 6.07) is 12.0. The molecule has 0 spiro atoms. The standard InChI is InChI=1S/C27H31N5O3/c1-17(2)32-26-22(16-28-32)21(15-23(29-26)20-14-18(3)35-19(20)4)27(33)31-12-10-30(11-13-31)24-8-6-7-9-25(24)34-5/h6-9,14-17H,10-13H2,1-5H3. The molecular formula is C27H31N5O3. The molecule has 0 radical (unpaired) electrons. The minimum absolute atomic E-state index is 0.000460. The lowest BCUT2D eigenvalue weighted by atomic mass is 10.1. The lowest BCUT2D eigenvalue weighted by Gasteiger charge is -2.36. The van der Waals surface area contributed by atoms with Gasteiger partial charge in [0.1, 0.15) is 17.3 Å². The van der Waals surface area contributed by atoms with Gasteiger partial charge in [-0.15, -0.1) is 0 Å². The molecule has 4 aromatic rings. The van der Waals surface area contributed by atoms with Gasteiger partial charge in [0.15, 0.2) is 5.65 Å². The molecule has 0 unspecified atom stereocenters. The van der Waals surface area contributed by atoms with Crippen molar-refractivity contribution in [2.24, 2.45) is 0 Å². The number of benzene rings is 1. The number of piperazine rings is 1. The number of anilines is 1. The minimum atomic E-state index is -0.000460. The lowest BCUT2D eigenvalue weighted by Crippen LogP contribution is -2.49. The fourth-order valence-electron chi connectivity index (χ4n) is 4.81. The van der Waals surface area contributed by atoms with Crippen molar-refractivity contribution in [1.29, 1.82) is 0 Å². The molecule has 1 fully saturated rings. The first-order chi connectivity index (χ1) is 16.9. The second kappa shape index (κ2) is 9.09. The van der Waals surface area contributed by atoms with Crippen LogP contribution in [0.4, 0.5) is 5.69 Å². The molecule has 0 N–H and O–H groups in total. The highest BCUT2D eigenvalue weighted by Gasteiger charge is 2.27. The predicted molar refractivity (Wildman–Crippen MR) is 136 cm³/mol. The van der Waals surface area contributed by atoms with Gasteiger partial charge in [-0.3, -0.25) is 4.79 Å². The van der Waals surface area contributed by atoms with Crippen LogP contribution in [0, 0.1) is 13.8 Å². The number of carbonyl (C=O) groups is 1. The van der Waals surface area contributed by atoms with Crippen molar-refractivity contribution in [3.05, 3.63) is 59.7 Å². The Hall–Kier alpha value is -3.81. The average Bonchev–Trinajstić information content (AvgIpc) is 3.45. The largest absolute Gasteiger partial charge is 0.495 e. The molecule has 3 aromatic heterocycles. The molecular weight excluding hydrogens is 442 g/mol. The summed E-state index contributed by atoms with van der Waals surface area (Å²) in [6.07, 6.45) is 1.76. The predicted octanol–water partition coefficient (Wildman–Crippen LogP) is 4.86. The number of fused-ring (bicyclic) bond motifs is 1. The molecule has 182 valence electrons. The van der Waals surface area contributed by atoms with E-state index in [1.807, 2.05) is 53.8 Å². The summed E-state index contributed by atoms with van der Waals surface area (Å²) in [5.41, 5.74) is 4.02. The molecule has 1 saturated heterocycles. The normalized spacial score (nSPS) is 14.2. The number of rotatable bonds is 5. The van der Waals surface area contributed by atoms with E-state index in [0.29, 0.717) is 24.3 Å². The van der Waals surface area contributed by atoms with Gasteiger partial charge in [0.05, 0.1) is 35.6 Å². The fraction of sp³-hybridized carbons (Fsp3) is 0.370. The maximum Gasteiger partial charge on any atom is 0.254 e. The zero-order valence-electron chi connectivity index (χ0n) is 20.9. The maximum atomic E-state index is 13.8. The van der Waals surface area contributed by atoms with Gasteiger partial charge in [0, 0.05) is 37.8 Å². The molecule has 1 aliphatic rings. The summed E-state index contributed by atoms with van der Waals surface area (Å²) in [6.45, 7) is 10.7. The van der Waals surface area contributed by atoms with Gasteiger partial charge in [0.25, 0.3) is 5.91 Å². The molecule has 1 amide bonds. The number of aromatic nitrogens is 3. The highest BCUT2D eigenvalue weighted by atomic mass is 16.5. The molecule has 5 rings (SSSR count). The van der Waals surface area contributed by atoms with Gasteiger partial charge in [-0.1, -0.05) is 12.1 Å². The molecule has 1 aromatic carbocycles. The van der Waals surface area contributed by atoms with Crippen molar-refractivity contribution in [3.8, 4) is 17.0 Å². The second-order valence-electron chi connectivity index (χ2n) is 9.25. The van der Waals surface area contributed by atoms with Crippen LogP contribution in [0.3, 0.4) is 0 Å². The number of pyridine rings is 1. The Morgan fingerprint density at radius 1 is 1.09 bits per heavy atom. The first kappa shape index (κ1) is 23.0. The maximum absolute atomic E-state index is 13.8. The second-order valence-corrected chi connectivity index (χ2v) is 9.25. The quantitative estimate of drug-likeness (QED) is 0.412. The summed E-state index contributed by atoms with van der Waals surface area (Å²) in [4.78, 5) is 22.9. The number of amides is 1. The number of ether oxygens (including phenoxy) is 1. The summed E-state index contributed by atoms with van der Waals surface area (Å²) in [7, 11) is 1.69. The average molecular weight is 474 g/mol. The van der Waals surface area contributed by atoms with E-state index in [9.17, 15) is 4.79 Å². The highest BCUT2D eigenvalue weighted by Crippen LogP contribution is 2.32. The van der Waals surface area contributed by atoms with Crippen molar-refractivity contribution < 1.29 is 13.9 Å². The van der Waals surface area contributed by atoms with E-state index in [0.717, 1.165) is 52.7 Å². The zero-order chi connectivity index (χ0) is 24.7. The van der Waals surface area contributed by atoms with Crippen LogP contribution >= 0.6 is 0 Å². The molecule has 4 heterocycles. The van der Waals surface area contributed by atoms with E-state index in [2.05, 4.69) is 29.9 Å². The Morgan fingerprint density at radius 2 is 1.83 bits per heavy atom. The Morgan fingerprint density at radius 3 is 2.49 bits per heavy atom. The summed E-state index contributed by atoms with van der Waals surface area (Å²) >= 11 is 0. The Kier molecular flexibility index (Phi) is 5.96. The third-order valence-electron chi connectivity index (χ3n) is 6.60. The Labute approximate surface area is 205 Å². The number of hydrogen-bond donors (Lipinski definition) is 0. The van der Waals surface area contributed by atoms with Crippen molar-refractivity contribution in [1.82, 2.24) is 19.7 Å². The number of carbonyl (C=O) groups excluding carboxylic acids is 1. The molecule has 35 heavy (non-hydrogen) atoms. The van der Waals surface area contributed by atoms with E-state index >= 15 is 0 Å². The SMILES string of the molecule is COc1ccccc1N1CCN(C(=O)c2cc(-c3cc(C)oc3C)nc3c2cnn3C(C)C)CC1. The number of nitrogens with zero attached hydrogens (tertiary/aromatic N) is 5. The van der Waals surface area contributed by atoms with Crippen molar-refractivity contribution >= 4 is 22.6 Å². The Balaban J connectivity index is 1.48. The van der Waals surface area contributed by atoms with E-state index in [1.54, 1.807) is 13.3 Å². The number of hydrogen-bond acceptors (Lipinski definition) is 6. The van der Waals surface area contributed by atoms with Gasteiger partial charge >= 0.3 is 0 Å². The highest BCUT2D eigenvalue weighted by molar-refractivity contribution is 6.06. The summed E-state index contributed by atoms with van der Waals surface area (Å²) in [5, 5.41) is 5.33. The molecule has 0 saturated carbocycles. The molecule has 8 nitrogen and oxygen atoms in total. The van der Waals surface area contributed by atoms with Gasteiger partial charge in [-0.05, 0) is 52.0 Å². The van der Waals surface area contributed by atoms with Crippen LogP contribution in [0.1, 0.15) is 41.8 Å². The van der Waals surface area contributed by atoms with Crippen LogP contribution < -0.4 is 9.64 Å². The van der Waals surface area contributed by atoms with Gasteiger partial charge in [0.2, 0.25) is 0 Å².